The number of aromatic hydroxyl groups is 1. The minimum Gasteiger partial charge on any atom is -0.508 e. The van der Waals surface area contributed by atoms with Gasteiger partial charge in [-0.25, -0.2) is 0 Å². The number of carboxylic acid groups (broad SMARTS) is 1. The number of aromatic nitrogens is 1. The number of aliphatic hydroxyl groups is 2. The maximum Gasteiger partial charge on any atom is 0.303 e. The fourth-order valence-electron chi connectivity index (χ4n) is 13.7. The summed E-state index contributed by atoms with van der Waals surface area (Å²) in [5, 5.41) is 87.9. The second-order valence-corrected chi connectivity index (χ2v) is 34.8. The normalized spacial score (nSPS) is 24.3. The number of carbonyl (C=O) groups excluding carboxylic acids is 17. The lowest BCUT2D eigenvalue weighted by Gasteiger charge is -2.32. The molecule has 4 saturated heterocycles. The van der Waals surface area contributed by atoms with Crippen molar-refractivity contribution in [3.05, 3.63) is 102 Å². The van der Waals surface area contributed by atoms with Gasteiger partial charge in [0.25, 0.3) is 0 Å². The first-order valence-electron chi connectivity index (χ1n) is 39.8. The summed E-state index contributed by atoms with van der Waals surface area (Å²) in [4.78, 5) is 263. The number of para-hydroxylation sites is 1. The van der Waals surface area contributed by atoms with E-state index >= 15 is 33.6 Å². The molecule has 5 heterocycles. The van der Waals surface area contributed by atoms with Crippen LogP contribution in [0, 0.1) is 5.41 Å². The van der Waals surface area contributed by atoms with Crippen LogP contribution in [0.2, 0.25) is 0 Å². The molecule has 4 aliphatic heterocycles. The third-order valence-corrected chi connectivity index (χ3v) is 25.2. The van der Waals surface area contributed by atoms with Gasteiger partial charge in [0.15, 0.2) is 11.7 Å². The van der Waals surface area contributed by atoms with Gasteiger partial charge < -0.3 is 121 Å². The number of amides is 16. The van der Waals surface area contributed by atoms with Crippen molar-refractivity contribution in [1.82, 2.24) is 94.5 Å². The number of benzene rings is 3. The van der Waals surface area contributed by atoms with Gasteiger partial charge in [-0.2, -0.15) is 0 Å². The van der Waals surface area contributed by atoms with E-state index in [4.69, 9.17) is 11.1 Å². The molecule has 46 heteroatoms. The predicted octanol–water partition coefficient (Wildman–Crippen LogP) is -5.54. The van der Waals surface area contributed by atoms with Gasteiger partial charge in [0.2, 0.25) is 94.5 Å². The number of carboxylic acids is 1. The lowest BCUT2D eigenvalue weighted by Crippen LogP contribution is -2.61. The Labute approximate surface area is 727 Å². The molecule has 8 rings (SSSR count). The topological polar surface area (TPSA) is 641 Å². The van der Waals surface area contributed by atoms with Crippen molar-refractivity contribution in [2.75, 3.05) is 68.9 Å². The molecule has 0 saturated carbocycles. The highest BCUT2D eigenvalue weighted by molar-refractivity contribution is 8.77. The Hall–Kier alpha value is -11.8. The highest BCUT2D eigenvalue weighted by Crippen LogP contribution is 2.29. The van der Waals surface area contributed by atoms with E-state index in [0.29, 0.717) is 22.0 Å². The second kappa shape index (κ2) is 48.3. The molecule has 672 valence electrons. The molecule has 2 bridgehead atoms. The Bertz CT molecular complexity index is 4550. The van der Waals surface area contributed by atoms with Gasteiger partial charge in [-0.15, -0.1) is 0 Å². The van der Waals surface area contributed by atoms with Crippen molar-refractivity contribution in [1.29, 1.82) is 5.41 Å². The first-order chi connectivity index (χ1) is 59.2. The van der Waals surface area contributed by atoms with Gasteiger partial charge in [-0.1, -0.05) is 104 Å². The van der Waals surface area contributed by atoms with E-state index in [1.165, 1.54) is 41.0 Å². The van der Waals surface area contributed by atoms with Gasteiger partial charge in [-0.05, 0) is 93.7 Å². The molecule has 4 aromatic rings. The van der Waals surface area contributed by atoms with E-state index < -0.39 is 260 Å². The largest absolute Gasteiger partial charge is 0.508 e. The van der Waals surface area contributed by atoms with Gasteiger partial charge in [0.05, 0.1) is 32.3 Å². The van der Waals surface area contributed by atoms with E-state index in [0.717, 1.165) is 57.0 Å². The average molecular weight is 1800 g/mol. The van der Waals surface area contributed by atoms with Crippen molar-refractivity contribution in [2.45, 2.75) is 176 Å². The monoisotopic (exact) mass is 1800 g/mol. The van der Waals surface area contributed by atoms with Crippen molar-refractivity contribution in [2.24, 2.45) is 5.73 Å². The number of aromatic amines is 1. The molecule has 16 amide bonds. The number of aliphatic carboxylic acids is 1. The summed E-state index contributed by atoms with van der Waals surface area (Å²) in [7, 11) is 3.15. The summed E-state index contributed by atoms with van der Waals surface area (Å²) in [6, 6.07) is -2.35. The van der Waals surface area contributed by atoms with Crippen LogP contribution in [0.1, 0.15) is 88.8 Å². The number of nitrogens with one attached hydrogen (secondary N) is 17. The SMILES string of the molecule is CC(=O)N[C@@H](C)C(=O)NCC(=O)N[C@@H](CO)C(=O)N[C@H]1CSSC[C@@H](C(C)=O)NC(=O)[C@H](Cc2c[nH]c3ccccc23)NC(=O)[C@@H]2CSSC[C@H](NC(=O)[C@H](Cc3ccc(O)cc3)NC1=O)C(=O)N[C@@H](CO)C(=O)NCC(=O)N1CCC[C@H]1C(=O)N1CCC[C@H]1C(=O)N[C@@H](CCCNC(=N)N)C(=O)N[C@@H](Cc1ccccc1)C(=O)N[C@@H](CCC(=O)O)C(=O)N2. The number of rotatable bonds is 23. The van der Waals surface area contributed by atoms with E-state index in [9.17, 15) is 73.2 Å². The lowest BCUT2D eigenvalue weighted by atomic mass is 10.0. The Kier molecular flexibility index (Phi) is 38.1. The second-order valence-electron chi connectivity index (χ2n) is 29.7. The zero-order chi connectivity index (χ0) is 90.3. The number of hydrogen-bond donors (Lipinski definition) is 22. The quantitative estimate of drug-likeness (QED) is 0.0143. The number of phenols is 1. The molecule has 0 aliphatic carbocycles. The maximum atomic E-state index is 15.5. The Morgan fingerprint density at radius 2 is 1.10 bits per heavy atom. The number of ketones is 1. The van der Waals surface area contributed by atoms with Crippen molar-refractivity contribution >= 4 is 166 Å². The van der Waals surface area contributed by atoms with Crippen LogP contribution in [0.3, 0.4) is 0 Å². The Balaban J connectivity index is 1.22. The fourth-order valence-corrected chi connectivity index (χ4v) is 18.5. The summed E-state index contributed by atoms with van der Waals surface area (Å²) < 4.78 is 0. The third kappa shape index (κ3) is 29.8. The number of nitrogens with two attached hydrogens (primary N) is 1. The summed E-state index contributed by atoms with van der Waals surface area (Å²) in [5.41, 5.74) is 7.32. The lowest BCUT2D eigenvalue weighted by molar-refractivity contribution is -0.147. The molecule has 14 atom stereocenters. The summed E-state index contributed by atoms with van der Waals surface area (Å²) in [5.74, 6) is -20.6. The van der Waals surface area contributed by atoms with Gasteiger partial charge in [0, 0.05) is 92.4 Å². The molecule has 0 unspecified atom stereocenters. The summed E-state index contributed by atoms with van der Waals surface area (Å²) in [6.45, 7) is -0.184. The van der Waals surface area contributed by atoms with Crippen LogP contribution in [-0.4, -0.2) is 301 Å². The number of guanidine groups is 1. The molecule has 124 heavy (non-hydrogen) atoms. The van der Waals surface area contributed by atoms with Crippen LogP contribution in [0.4, 0.5) is 0 Å². The van der Waals surface area contributed by atoms with Gasteiger partial charge >= 0.3 is 5.97 Å². The maximum absolute atomic E-state index is 15.5. The molecule has 0 spiro atoms. The predicted molar refractivity (Wildman–Crippen MR) is 455 cm³/mol. The van der Waals surface area contributed by atoms with Crippen LogP contribution in [-0.2, 0) is 106 Å². The smallest absolute Gasteiger partial charge is 0.303 e. The Morgan fingerprint density at radius 1 is 0.565 bits per heavy atom. The fraction of sp³-hybridized carbons (Fsp3) is 0.500. The molecule has 0 radical (unpaired) electrons. The summed E-state index contributed by atoms with van der Waals surface area (Å²) >= 11 is 0. The minimum absolute atomic E-state index is 0.00168. The van der Waals surface area contributed by atoms with Crippen LogP contribution in [0.15, 0.2) is 85.1 Å². The Morgan fingerprint density at radius 3 is 1.74 bits per heavy atom. The first kappa shape index (κ1) is 97.7. The highest BCUT2D eigenvalue weighted by Gasteiger charge is 2.45. The number of H-pyrrole nitrogens is 1. The van der Waals surface area contributed by atoms with Crippen LogP contribution >= 0.6 is 43.2 Å². The zero-order valence-corrected chi connectivity index (χ0v) is 71.2. The molecule has 1 aromatic heterocycles. The molecule has 4 fully saturated rings. The number of Topliss-reactive ketones (excluding diaryl/α,β-unsaturated/α-hetero) is 1. The van der Waals surface area contributed by atoms with Crippen LogP contribution in [0.25, 0.3) is 10.9 Å². The number of carbonyl (C=O) groups is 18. The number of fused-ring (bicyclic) bond motifs is 8. The number of hydrogen-bond acceptors (Lipinski definition) is 26. The molecule has 4 aliphatic rings. The van der Waals surface area contributed by atoms with Gasteiger partial charge in [-0.3, -0.25) is 91.7 Å². The number of phenolic OH excluding ortho intramolecular Hbond substituents is 1. The summed E-state index contributed by atoms with van der Waals surface area (Å²) in [6.07, 6.45) is -0.349. The molecule has 23 N–H and O–H groups in total. The van der Waals surface area contributed by atoms with Crippen molar-refractivity contribution < 1.29 is 107 Å². The van der Waals surface area contributed by atoms with Crippen LogP contribution in [0.5, 0.6) is 5.75 Å². The van der Waals surface area contributed by atoms with E-state index in [1.807, 2.05) is 0 Å². The zero-order valence-electron chi connectivity index (χ0n) is 68.0. The van der Waals surface area contributed by atoms with Crippen molar-refractivity contribution in [3.63, 3.8) is 0 Å². The first-order valence-corrected chi connectivity index (χ1v) is 44.8. The highest BCUT2D eigenvalue weighted by atomic mass is 33.1. The molecule has 42 nitrogen and oxygen atoms in total. The molecule has 3 aromatic carbocycles. The van der Waals surface area contributed by atoms with E-state index in [-0.39, 0.29) is 88.1 Å². The third-order valence-electron chi connectivity index (χ3n) is 20.4. The number of nitrogens with zero attached hydrogens (tertiary/aromatic N) is 2. The van der Waals surface area contributed by atoms with E-state index in [2.05, 4.69) is 84.7 Å². The van der Waals surface area contributed by atoms with Gasteiger partial charge in [0.1, 0.15) is 84.3 Å². The minimum atomic E-state index is -1.93. The number of aliphatic hydroxyl groups excluding tert-OH is 2. The molecular weight excluding hydrogens is 1700 g/mol. The van der Waals surface area contributed by atoms with Crippen LogP contribution < -0.4 is 85.5 Å². The molecular formula is C78H104N20O22S4. The van der Waals surface area contributed by atoms with Crippen molar-refractivity contribution in [3.8, 4) is 5.75 Å². The average Bonchev–Trinajstić information content (AvgIpc) is 1.64. The standard InChI is InChI=1S/C78H104N20O22S4/c1-40(85-42(3)102)65(108)83-32-62(104)86-55(35-100)72(115)96-58-38-122-121-36-56(41(2)101)93-71(114)53(30-45-31-82-48-15-8-7-14-47(45)48)91-74(117)57-37-123-124-39-59(95-70(113)52(90-73(58)116)29-44-19-21-46(103)22-20-44)75(118)92-54(34-99)66(109)84-33-63(105)97-26-11-18-61(97)77(120)98-27-10-17-60(98)76(119)88-49(16-9-25-81-78(79)80)67(110)89-51(28-43-12-5-4-6-13-43)69(112)87-50(68(111)94-57)23-24-64(106)107/h4-8,12-15,19-22,31,40,49-61,82,99-100,103H,9-11,16-18,23-30,32-39H2,1-3H3,(H,83,108)(H,84,109)(H,85,102)(H,86,104)(H,87,112)(H,88,119)(H,89,110)(H,90,116)(H,91,117)(H,92,118)(H,93,114)(H,94,111)(H,95,113)(H,96,115)(H,106,107)(H4,79,80,81)/t40-,49-,50-,51-,52-,53-,54-,55-,56-,57-,58-,59-,60-,61-/m0/s1. The van der Waals surface area contributed by atoms with E-state index in [1.54, 1.807) is 60.8 Å².